The first-order valence-electron chi connectivity index (χ1n) is 9.73. The van der Waals surface area contributed by atoms with Crippen molar-refractivity contribution >= 4 is 27.5 Å². The van der Waals surface area contributed by atoms with E-state index in [1.165, 1.54) is 24.3 Å². The van der Waals surface area contributed by atoms with Crippen LogP contribution in [0.4, 0.5) is 5.69 Å². The number of carbonyl (C=O) groups excluding carboxylic acids is 2. The molecule has 0 saturated heterocycles. The van der Waals surface area contributed by atoms with Crippen molar-refractivity contribution in [2.45, 2.75) is 32.6 Å². The Balaban J connectivity index is 2.29. The molecule has 0 aliphatic carbocycles. The molecule has 9 nitrogen and oxygen atoms in total. The van der Waals surface area contributed by atoms with E-state index in [-0.39, 0.29) is 10.5 Å². The summed E-state index contributed by atoms with van der Waals surface area (Å²) < 4.78 is 42.8. The molecular weight excluding hydrogens is 424 g/mol. The highest BCUT2D eigenvalue weighted by atomic mass is 32.2. The Bertz CT molecular complexity index is 1010. The van der Waals surface area contributed by atoms with E-state index in [4.69, 9.17) is 14.2 Å². The number of carbonyl (C=O) groups is 2. The molecule has 0 radical (unpaired) electrons. The van der Waals surface area contributed by atoms with Gasteiger partial charge in [-0.25, -0.2) is 13.1 Å². The molecule has 0 heterocycles. The normalized spacial score (nSPS) is 10.8. The van der Waals surface area contributed by atoms with Gasteiger partial charge in [-0.05, 0) is 57.2 Å². The van der Waals surface area contributed by atoms with Crippen molar-refractivity contribution in [2.24, 2.45) is 0 Å². The maximum atomic E-state index is 12.8. The van der Waals surface area contributed by atoms with E-state index in [2.05, 4.69) is 5.32 Å². The van der Waals surface area contributed by atoms with Crippen LogP contribution in [-0.2, 0) is 14.8 Å². The van der Waals surface area contributed by atoms with Gasteiger partial charge in [-0.15, -0.1) is 0 Å². The minimum atomic E-state index is -3.95. The van der Waals surface area contributed by atoms with Gasteiger partial charge in [-0.3, -0.25) is 9.59 Å². The molecule has 31 heavy (non-hydrogen) atoms. The van der Waals surface area contributed by atoms with Crippen molar-refractivity contribution < 1.29 is 32.2 Å². The van der Waals surface area contributed by atoms with Crippen LogP contribution in [0.25, 0.3) is 0 Å². The summed E-state index contributed by atoms with van der Waals surface area (Å²) in [6, 6.07) is 8.54. The third kappa shape index (κ3) is 6.35. The summed E-state index contributed by atoms with van der Waals surface area (Å²) in [5, 5.41) is 2.69. The van der Waals surface area contributed by atoms with Crippen molar-refractivity contribution in [1.82, 2.24) is 4.72 Å². The zero-order chi connectivity index (χ0) is 23.0. The minimum absolute atomic E-state index is 0.0981. The lowest BCUT2D eigenvalue weighted by molar-refractivity contribution is -0.117. The topological polar surface area (TPSA) is 120 Å². The summed E-state index contributed by atoms with van der Waals surface area (Å²) in [5.74, 6) is 0.0650. The average molecular weight is 451 g/mol. The second kappa shape index (κ2) is 10.7. The third-order valence-corrected chi connectivity index (χ3v) is 5.32. The first-order valence-corrected chi connectivity index (χ1v) is 11.2. The smallest absolute Gasteiger partial charge is 0.264 e. The Kier molecular flexibility index (Phi) is 8.26. The predicted octanol–water partition coefficient (Wildman–Crippen LogP) is 2.96. The van der Waals surface area contributed by atoms with Gasteiger partial charge in [0, 0.05) is 18.2 Å². The highest BCUT2D eigenvalue weighted by Crippen LogP contribution is 2.39. The molecule has 168 valence electrons. The summed E-state index contributed by atoms with van der Waals surface area (Å²) in [6.07, 6.45) is 0. The van der Waals surface area contributed by atoms with Crippen LogP contribution in [0.3, 0.4) is 0 Å². The van der Waals surface area contributed by atoms with Crippen LogP contribution in [0.15, 0.2) is 41.3 Å². The van der Waals surface area contributed by atoms with E-state index in [1.807, 2.05) is 25.5 Å². The quantitative estimate of drug-likeness (QED) is 0.571. The summed E-state index contributed by atoms with van der Waals surface area (Å²) in [5.41, 5.74) is 0.655. The monoisotopic (exact) mass is 450 g/mol. The molecule has 2 rings (SSSR count). The molecule has 0 unspecified atom stereocenters. The molecule has 0 aliphatic heterocycles. The van der Waals surface area contributed by atoms with Crippen LogP contribution in [0, 0.1) is 0 Å². The lowest BCUT2D eigenvalue weighted by Gasteiger charge is -2.17. The van der Waals surface area contributed by atoms with Crippen LogP contribution in [-0.4, -0.2) is 40.1 Å². The van der Waals surface area contributed by atoms with E-state index in [0.29, 0.717) is 42.8 Å². The number of ether oxygens (including phenoxy) is 3. The van der Waals surface area contributed by atoms with E-state index < -0.39 is 21.8 Å². The van der Waals surface area contributed by atoms with Crippen molar-refractivity contribution in [3.05, 3.63) is 42.0 Å². The Morgan fingerprint density at radius 1 is 0.871 bits per heavy atom. The molecule has 0 spiro atoms. The fourth-order valence-corrected chi connectivity index (χ4v) is 3.68. The Labute approximate surface area is 181 Å². The molecule has 10 heteroatoms. The lowest BCUT2D eigenvalue weighted by atomic mass is 10.1. The van der Waals surface area contributed by atoms with Gasteiger partial charge in [0.1, 0.15) is 0 Å². The third-order valence-electron chi connectivity index (χ3n) is 3.87. The number of hydrogen-bond donors (Lipinski definition) is 2. The summed E-state index contributed by atoms with van der Waals surface area (Å²) in [4.78, 5) is 23.7. The molecular formula is C21H26N2O7S. The number of sulfonamides is 1. The molecule has 0 saturated carbocycles. The Morgan fingerprint density at radius 2 is 1.39 bits per heavy atom. The number of nitrogens with one attached hydrogen (secondary N) is 2. The van der Waals surface area contributed by atoms with E-state index in [1.54, 1.807) is 12.1 Å². The summed E-state index contributed by atoms with van der Waals surface area (Å²) in [6.45, 7) is 7.73. The molecule has 2 aromatic rings. The first kappa shape index (κ1) is 24.0. The van der Waals surface area contributed by atoms with Gasteiger partial charge in [-0.1, -0.05) is 0 Å². The molecule has 2 amide bonds. The van der Waals surface area contributed by atoms with Gasteiger partial charge >= 0.3 is 0 Å². The fraction of sp³-hybridized carbons (Fsp3) is 0.333. The molecule has 0 atom stereocenters. The molecule has 0 aromatic heterocycles. The predicted molar refractivity (Wildman–Crippen MR) is 115 cm³/mol. The van der Waals surface area contributed by atoms with Gasteiger partial charge in [0.15, 0.2) is 11.5 Å². The second-order valence-electron chi connectivity index (χ2n) is 6.24. The molecule has 0 bridgehead atoms. The Morgan fingerprint density at radius 3 is 1.84 bits per heavy atom. The van der Waals surface area contributed by atoms with Crippen molar-refractivity contribution in [2.75, 3.05) is 25.1 Å². The summed E-state index contributed by atoms with van der Waals surface area (Å²) >= 11 is 0. The van der Waals surface area contributed by atoms with Crippen LogP contribution in [0.2, 0.25) is 0 Å². The van der Waals surface area contributed by atoms with Crippen LogP contribution in [0.5, 0.6) is 17.2 Å². The number of hydrogen-bond acceptors (Lipinski definition) is 7. The van der Waals surface area contributed by atoms with Crippen LogP contribution in [0.1, 0.15) is 38.1 Å². The zero-order valence-corrected chi connectivity index (χ0v) is 18.7. The van der Waals surface area contributed by atoms with Crippen molar-refractivity contribution in [3.8, 4) is 17.2 Å². The van der Waals surface area contributed by atoms with Crippen molar-refractivity contribution in [3.63, 3.8) is 0 Å². The van der Waals surface area contributed by atoms with Gasteiger partial charge in [0.05, 0.1) is 24.7 Å². The lowest BCUT2D eigenvalue weighted by Crippen LogP contribution is -2.28. The number of anilines is 1. The first-order chi connectivity index (χ1) is 14.7. The van der Waals surface area contributed by atoms with E-state index in [9.17, 15) is 18.0 Å². The highest BCUT2D eigenvalue weighted by molar-refractivity contribution is 7.90. The van der Waals surface area contributed by atoms with Gasteiger partial charge in [-0.2, -0.15) is 0 Å². The fourth-order valence-electron chi connectivity index (χ4n) is 2.69. The summed E-state index contributed by atoms with van der Waals surface area (Å²) in [7, 11) is -3.95. The SMILES string of the molecule is CCOc1cc(C(=O)Nc2ccc(S(=O)(=O)NC(C)=O)cc2)cc(OCC)c1OCC. The minimum Gasteiger partial charge on any atom is -0.490 e. The maximum absolute atomic E-state index is 12.8. The number of benzene rings is 2. The van der Waals surface area contributed by atoms with Gasteiger partial charge < -0.3 is 19.5 Å². The van der Waals surface area contributed by atoms with Gasteiger partial charge in [0.25, 0.3) is 15.9 Å². The van der Waals surface area contributed by atoms with Crippen LogP contribution >= 0.6 is 0 Å². The Hall–Kier alpha value is -3.27. The zero-order valence-electron chi connectivity index (χ0n) is 17.9. The molecule has 0 fully saturated rings. The maximum Gasteiger partial charge on any atom is 0.264 e. The number of rotatable bonds is 10. The molecule has 0 aliphatic rings. The molecule has 2 N–H and O–H groups in total. The molecule has 2 aromatic carbocycles. The highest BCUT2D eigenvalue weighted by Gasteiger charge is 2.19. The largest absolute Gasteiger partial charge is 0.490 e. The van der Waals surface area contributed by atoms with E-state index >= 15 is 0 Å². The van der Waals surface area contributed by atoms with E-state index in [0.717, 1.165) is 6.92 Å². The average Bonchev–Trinajstić information content (AvgIpc) is 2.70. The van der Waals surface area contributed by atoms with Crippen LogP contribution < -0.4 is 24.2 Å². The van der Waals surface area contributed by atoms with Gasteiger partial charge in [0.2, 0.25) is 11.7 Å². The second-order valence-corrected chi connectivity index (χ2v) is 7.92. The number of amides is 2. The van der Waals surface area contributed by atoms with Crippen molar-refractivity contribution in [1.29, 1.82) is 0 Å². The standard InChI is InChI=1S/C21H26N2O7S/c1-5-28-18-12-15(13-19(29-6-2)20(18)30-7-3)21(25)22-16-8-10-17(11-9-16)31(26,27)23-14(4)24/h8-13H,5-7H2,1-4H3,(H,22,25)(H,23,24).